The monoisotopic (exact) mass is 247 g/mol. The SMILES string of the molecule is CC(C)c1ccccc1NC(=O)NC1CCNC1. The van der Waals surface area contributed by atoms with E-state index in [0.29, 0.717) is 5.92 Å². The maximum Gasteiger partial charge on any atom is 0.319 e. The highest BCUT2D eigenvalue weighted by Gasteiger charge is 2.17. The van der Waals surface area contributed by atoms with Crippen LogP contribution in [0.15, 0.2) is 24.3 Å². The lowest BCUT2D eigenvalue weighted by Gasteiger charge is -2.16. The minimum absolute atomic E-state index is 0.114. The van der Waals surface area contributed by atoms with Crippen LogP contribution in [0.25, 0.3) is 0 Å². The van der Waals surface area contributed by atoms with Crippen molar-refractivity contribution in [2.75, 3.05) is 18.4 Å². The maximum atomic E-state index is 11.9. The molecule has 1 aromatic carbocycles. The molecule has 1 aliphatic rings. The Bertz CT molecular complexity index is 411. The van der Waals surface area contributed by atoms with Gasteiger partial charge in [-0.3, -0.25) is 0 Å². The molecule has 98 valence electrons. The molecule has 1 saturated heterocycles. The van der Waals surface area contributed by atoms with Crippen LogP contribution in [-0.2, 0) is 0 Å². The van der Waals surface area contributed by atoms with Gasteiger partial charge in [0.05, 0.1) is 0 Å². The van der Waals surface area contributed by atoms with Gasteiger partial charge in [0.2, 0.25) is 0 Å². The lowest BCUT2D eigenvalue weighted by Crippen LogP contribution is -2.39. The molecule has 1 atom stereocenters. The number of amides is 2. The topological polar surface area (TPSA) is 53.2 Å². The number of rotatable bonds is 3. The van der Waals surface area contributed by atoms with E-state index in [1.54, 1.807) is 0 Å². The van der Waals surface area contributed by atoms with Crippen LogP contribution >= 0.6 is 0 Å². The molecule has 1 heterocycles. The fraction of sp³-hybridized carbons (Fsp3) is 0.500. The molecule has 1 aromatic rings. The number of carbonyl (C=O) groups excluding carboxylic acids is 1. The van der Waals surface area contributed by atoms with Gasteiger partial charge in [-0.25, -0.2) is 4.79 Å². The third-order valence-corrected chi connectivity index (χ3v) is 3.23. The summed E-state index contributed by atoms with van der Waals surface area (Å²) in [7, 11) is 0. The van der Waals surface area contributed by atoms with Crippen LogP contribution in [0.3, 0.4) is 0 Å². The van der Waals surface area contributed by atoms with Gasteiger partial charge in [-0.1, -0.05) is 32.0 Å². The predicted octanol–water partition coefficient (Wildman–Crippen LogP) is 2.29. The molecule has 0 spiro atoms. The predicted molar refractivity (Wildman–Crippen MR) is 74.0 cm³/mol. The molecule has 1 fully saturated rings. The van der Waals surface area contributed by atoms with E-state index in [-0.39, 0.29) is 12.1 Å². The number of carbonyl (C=O) groups is 1. The lowest BCUT2D eigenvalue weighted by molar-refractivity contribution is 0.249. The Morgan fingerprint density at radius 1 is 1.39 bits per heavy atom. The van der Waals surface area contributed by atoms with Crippen molar-refractivity contribution >= 4 is 11.7 Å². The van der Waals surface area contributed by atoms with Crippen LogP contribution in [0.5, 0.6) is 0 Å². The number of urea groups is 1. The lowest BCUT2D eigenvalue weighted by atomic mass is 10.0. The summed E-state index contributed by atoms with van der Waals surface area (Å²) in [5, 5.41) is 9.15. The number of benzene rings is 1. The van der Waals surface area contributed by atoms with Gasteiger partial charge in [0.25, 0.3) is 0 Å². The number of hydrogen-bond acceptors (Lipinski definition) is 2. The normalized spacial score (nSPS) is 18.9. The zero-order valence-corrected chi connectivity index (χ0v) is 11.0. The summed E-state index contributed by atoms with van der Waals surface area (Å²) in [6.45, 7) is 6.09. The highest BCUT2D eigenvalue weighted by Crippen LogP contribution is 2.23. The minimum Gasteiger partial charge on any atom is -0.334 e. The van der Waals surface area contributed by atoms with Crippen molar-refractivity contribution in [2.24, 2.45) is 0 Å². The average molecular weight is 247 g/mol. The van der Waals surface area contributed by atoms with E-state index < -0.39 is 0 Å². The Morgan fingerprint density at radius 2 is 2.17 bits per heavy atom. The van der Waals surface area contributed by atoms with E-state index >= 15 is 0 Å². The zero-order chi connectivity index (χ0) is 13.0. The van der Waals surface area contributed by atoms with E-state index in [2.05, 4.69) is 35.9 Å². The Hall–Kier alpha value is -1.55. The molecule has 4 heteroatoms. The fourth-order valence-electron chi connectivity index (χ4n) is 2.24. The number of nitrogens with one attached hydrogen (secondary N) is 3. The summed E-state index contributed by atoms with van der Waals surface area (Å²) in [5.41, 5.74) is 2.06. The maximum absolute atomic E-state index is 11.9. The second-order valence-corrected chi connectivity index (χ2v) is 5.03. The first-order chi connectivity index (χ1) is 8.66. The van der Waals surface area contributed by atoms with Gasteiger partial charge in [-0.2, -0.15) is 0 Å². The van der Waals surface area contributed by atoms with Crippen LogP contribution in [0.4, 0.5) is 10.5 Å². The first-order valence-electron chi connectivity index (χ1n) is 6.54. The van der Waals surface area contributed by atoms with Crippen LogP contribution in [0.1, 0.15) is 31.7 Å². The molecule has 18 heavy (non-hydrogen) atoms. The van der Waals surface area contributed by atoms with Gasteiger partial charge >= 0.3 is 6.03 Å². The quantitative estimate of drug-likeness (QED) is 0.767. The summed E-state index contributed by atoms with van der Waals surface area (Å²) in [5.74, 6) is 0.398. The van der Waals surface area contributed by atoms with Crippen LogP contribution in [-0.4, -0.2) is 25.2 Å². The third-order valence-electron chi connectivity index (χ3n) is 3.23. The van der Waals surface area contributed by atoms with Crippen molar-refractivity contribution in [2.45, 2.75) is 32.2 Å². The molecule has 0 radical (unpaired) electrons. The first kappa shape index (κ1) is 12.9. The van der Waals surface area contributed by atoms with E-state index in [4.69, 9.17) is 0 Å². The minimum atomic E-state index is -0.114. The molecular weight excluding hydrogens is 226 g/mol. The molecule has 0 saturated carbocycles. The van der Waals surface area contributed by atoms with E-state index in [1.165, 1.54) is 0 Å². The molecule has 2 amide bonds. The summed E-state index contributed by atoms with van der Waals surface area (Å²) in [6.07, 6.45) is 0.999. The van der Waals surface area contributed by atoms with Gasteiger partial charge in [-0.05, 0) is 30.5 Å². The number of para-hydroxylation sites is 1. The van der Waals surface area contributed by atoms with E-state index in [0.717, 1.165) is 30.8 Å². The fourth-order valence-corrected chi connectivity index (χ4v) is 2.24. The van der Waals surface area contributed by atoms with Gasteiger partial charge in [0, 0.05) is 18.3 Å². The third kappa shape index (κ3) is 3.23. The summed E-state index contributed by atoms with van der Waals surface area (Å²) in [6, 6.07) is 8.07. The molecule has 3 N–H and O–H groups in total. The van der Waals surface area contributed by atoms with Crippen LogP contribution in [0.2, 0.25) is 0 Å². The smallest absolute Gasteiger partial charge is 0.319 e. The number of anilines is 1. The highest BCUT2D eigenvalue weighted by molar-refractivity contribution is 5.90. The largest absolute Gasteiger partial charge is 0.334 e. The van der Waals surface area contributed by atoms with Gasteiger partial charge in [0.1, 0.15) is 0 Å². The molecule has 4 nitrogen and oxygen atoms in total. The number of hydrogen-bond donors (Lipinski definition) is 3. The molecule has 0 bridgehead atoms. The van der Waals surface area contributed by atoms with E-state index in [9.17, 15) is 4.79 Å². The van der Waals surface area contributed by atoms with Crippen LogP contribution in [0, 0.1) is 0 Å². The van der Waals surface area contributed by atoms with Crippen molar-refractivity contribution in [3.63, 3.8) is 0 Å². The van der Waals surface area contributed by atoms with Crippen molar-refractivity contribution in [1.82, 2.24) is 10.6 Å². The second-order valence-electron chi connectivity index (χ2n) is 5.03. The van der Waals surface area contributed by atoms with Gasteiger partial charge in [0.15, 0.2) is 0 Å². The Labute approximate surface area is 108 Å². The van der Waals surface area contributed by atoms with E-state index in [1.807, 2.05) is 18.2 Å². The molecule has 1 unspecified atom stereocenters. The van der Waals surface area contributed by atoms with Gasteiger partial charge < -0.3 is 16.0 Å². The Kier molecular flexibility index (Phi) is 4.20. The van der Waals surface area contributed by atoms with Crippen molar-refractivity contribution in [3.05, 3.63) is 29.8 Å². The standard InChI is InChI=1S/C14H21N3O/c1-10(2)12-5-3-4-6-13(12)17-14(18)16-11-7-8-15-9-11/h3-6,10-11,15H,7-9H2,1-2H3,(H2,16,17,18). The van der Waals surface area contributed by atoms with Crippen LogP contribution < -0.4 is 16.0 Å². The molecule has 1 aliphatic heterocycles. The summed E-state index contributed by atoms with van der Waals surface area (Å²) in [4.78, 5) is 11.9. The summed E-state index contributed by atoms with van der Waals surface area (Å²) >= 11 is 0. The molecule has 2 rings (SSSR count). The van der Waals surface area contributed by atoms with Crippen molar-refractivity contribution < 1.29 is 4.79 Å². The molecule has 0 aromatic heterocycles. The van der Waals surface area contributed by atoms with Crippen molar-refractivity contribution in [1.29, 1.82) is 0 Å². The van der Waals surface area contributed by atoms with Crippen molar-refractivity contribution in [3.8, 4) is 0 Å². The first-order valence-corrected chi connectivity index (χ1v) is 6.54. The zero-order valence-electron chi connectivity index (χ0n) is 11.0. The summed E-state index contributed by atoms with van der Waals surface area (Å²) < 4.78 is 0. The molecular formula is C14H21N3O. The Morgan fingerprint density at radius 3 is 2.83 bits per heavy atom. The second kappa shape index (κ2) is 5.87. The van der Waals surface area contributed by atoms with Gasteiger partial charge in [-0.15, -0.1) is 0 Å². The Balaban J connectivity index is 1.97. The average Bonchev–Trinajstić information content (AvgIpc) is 2.82. The highest BCUT2D eigenvalue weighted by atomic mass is 16.2. The molecule has 0 aliphatic carbocycles.